The number of rotatable bonds is 6. The molecule has 1 heterocycles. The Kier molecular flexibility index (Phi) is 6.06. The van der Waals surface area contributed by atoms with E-state index >= 15 is 0 Å². The number of aryl methyl sites for hydroxylation is 1. The lowest BCUT2D eigenvalue weighted by Crippen LogP contribution is -2.30. The van der Waals surface area contributed by atoms with E-state index in [1.165, 1.54) is 0 Å². The lowest BCUT2D eigenvalue weighted by atomic mass is 10.0. The molecule has 0 bridgehead atoms. The highest BCUT2D eigenvalue weighted by Crippen LogP contribution is 2.26. The van der Waals surface area contributed by atoms with Crippen molar-refractivity contribution in [2.45, 2.75) is 19.4 Å². The summed E-state index contributed by atoms with van der Waals surface area (Å²) in [6, 6.07) is 19.1. The van der Waals surface area contributed by atoms with Gasteiger partial charge in [-0.25, -0.2) is 4.98 Å². The van der Waals surface area contributed by atoms with Crippen LogP contribution in [0.25, 0.3) is 11.3 Å². The number of aliphatic carboxylic acids is 1. The van der Waals surface area contributed by atoms with Crippen molar-refractivity contribution in [1.82, 2.24) is 10.3 Å². The molecule has 0 fully saturated rings. The van der Waals surface area contributed by atoms with Gasteiger partial charge in [0.2, 0.25) is 0 Å². The maximum absolute atomic E-state index is 12.8. The van der Waals surface area contributed by atoms with Crippen LogP contribution in [0.1, 0.15) is 34.1 Å². The number of benzene rings is 2. The molecule has 3 rings (SSSR count). The normalized spacial score (nSPS) is 11.6. The minimum atomic E-state index is -0.996. The lowest BCUT2D eigenvalue weighted by molar-refractivity contribution is -0.137. The third kappa shape index (κ3) is 4.75. The Morgan fingerprint density at radius 2 is 1.82 bits per heavy atom. The molecule has 1 aromatic heterocycles. The van der Waals surface area contributed by atoms with E-state index < -0.39 is 17.9 Å². The van der Waals surface area contributed by atoms with Gasteiger partial charge >= 0.3 is 5.97 Å². The van der Waals surface area contributed by atoms with Crippen LogP contribution in [0.4, 0.5) is 0 Å². The van der Waals surface area contributed by atoms with Gasteiger partial charge in [0.15, 0.2) is 0 Å². The van der Waals surface area contributed by atoms with E-state index in [0.717, 1.165) is 16.7 Å². The first kappa shape index (κ1) is 19.6. The Hall–Kier alpha value is -3.18. The molecule has 0 saturated carbocycles. The van der Waals surface area contributed by atoms with Crippen LogP contribution in [0.5, 0.6) is 0 Å². The van der Waals surface area contributed by atoms with Crippen molar-refractivity contribution in [2.24, 2.45) is 0 Å². The number of nitrogens with one attached hydrogen (secondary N) is 1. The summed E-state index contributed by atoms with van der Waals surface area (Å²) >= 11 is 6.22. The Morgan fingerprint density at radius 3 is 2.54 bits per heavy atom. The van der Waals surface area contributed by atoms with E-state index in [1.807, 2.05) is 43.3 Å². The fourth-order valence-corrected chi connectivity index (χ4v) is 3.16. The van der Waals surface area contributed by atoms with Gasteiger partial charge in [-0.3, -0.25) is 9.59 Å². The van der Waals surface area contributed by atoms with Gasteiger partial charge in [-0.1, -0.05) is 65.7 Å². The molecule has 0 aliphatic carbocycles. The monoisotopic (exact) mass is 394 g/mol. The number of nitrogens with zero attached hydrogens (tertiary/aromatic N) is 1. The first-order valence-electron chi connectivity index (χ1n) is 8.75. The van der Waals surface area contributed by atoms with Crippen LogP contribution >= 0.6 is 11.6 Å². The summed E-state index contributed by atoms with van der Waals surface area (Å²) in [5, 5.41) is 12.6. The third-order valence-electron chi connectivity index (χ3n) is 4.26. The summed E-state index contributed by atoms with van der Waals surface area (Å²) in [5.41, 5.74) is 3.21. The zero-order valence-corrected chi connectivity index (χ0v) is 16.0. The minimum Gasteiger partial charge on any atom is -0.481 e. The summed E-state index contributed by atoms with van der Waals surface area (Å²) in [6.45, 7) is 1.91. The van der Waals surface area contributed by atoms with Crippen LogP contribution in [0.15, 0.2) is 66.7 Å². The summed E-state index contributed by atoms with van der Waals surface area (Å²) in [6.07, 6.45) is -0.223. The van der Waals surface area contributed by atoms with Crippen LogP contribution in [-0.2, 0) is 4.79 Å². The molecule has 0 aliphatic heterocycles. The highest BCUT2D eigenvalue weighted by atomic mass is 35.5. The van der Waals surface area contributed by atoms with Gasteiger partial charge in [0.1, 0.15) is 5.69 Å². The van der Waals surface area contributed by atoms with Gasteiger partial charge in [0.05, 0.1) is 18.2 Å². The van der Waals surface area contributed by atoms with E-state index in [1.54, 1.807) is 30.3 Å². The summed E-state index contributed by atoms with van der Waals surface area (Å²) in [7, 11) is 0. The number of halogens is 1. The van der Waals surface area contributed by atoms with Crippen molar-refractivity contribution in [3.63, 3.8) is 0 Å². The van der Waals surface area contributed by atoms with Crippen LogP contribution in [0.3, 0.4) is 0 Å². The van der Waals surface area contributed by atoms with Crippen molar-refractivity contribution in [3.8, 4) is 11.3 Å². The molecule has 142 valence electrons. The van der Waals surface area contributed by atoms with Gasteiger partial charge < -0.3 is 10.4 Å². The van der Waals surface area contributed by atoms with Gasteiger partial charge in [-0.05, 0) is 30.7 Å². The standard InChI is InChI=1S/C22H19ClN2O3/c1-14-6-4-7-15(12-14)20(13-21(26)27)25-22(28)19-11-5-10-18(24-19)16-8-2-3-9-17(16)23/h2-12,20H,13H2,1H3,(H,25,28)(H,26,27)/t20-/m0/s1. The molecule has 6 heteroatoms. The Morgan fingerprint density at radius 1 is 1.07 bits per heavy atom. The second kappa shape index (κ2) is 8.67. The number of pyridine rings is 1. The predicted octanol–water partition coefficient (Wildman–Crippen LogP) is 4.66. The number of carbonyl (C=O) groups is 2. The number of aromatic nitrogens is 1. The van der Waals surface area contributed by atoms with Gasteiger partial charge in [0, 0.05) is 10.6 Å². The molecule has 0 saturated heterocycles. The summed E-state index contributed by atoms with van der Waals surface area (Å²) in [5.74, 6) is -1.44. The predicted molar refractivity (Wildman–Crippen MR) is 108 cm³/mol. The summed E-state index contributed by atoms with van der Waals surface area (Å²) < 4.78 is 0. The molecule has 3 aromatic rings. The van der Waals surface area contributed by atoms with Crippen molar-refractivity contribution < 1.29 is 14.7 Å². The molecule has 0 spiro atoms. The quantitative estimate of drug-likeness (QED) is 0.637. The fraction of sp³-hybridized carbons (Fsp3) is 0.136. The molecular weight excluding hydrogens is 376 g/mol. The lowest BCUT2D eigenvalue weighted by Gasteiger charge is -2.18. The SMILES string of the molecule is Cc1cccc([C@H](CC(=O)O)NC(=O)c2cccc(-c3ccccc3Cl)n2)c1. The molecule has 5 nitrogen and oxygen atoms in total. The maximum atomic E-state index is 12.8. The van der Waals surface area contributed by atoms with Crippen molar-refractivity contribution >= 4 is 23.5 Å². The first-order valence-corrected chi connectivity index (χ1v) is 9.13. The van der Waals surface area contributed by atoms with Gasteiger partial charge in [-0.2, -0.15) is 0 Å². The Labute approximate surface area is 168 Å². The van der Waals surface area contributed by atoms with Crippen LogP contribution in [-0.4, -0.2) is 22.0 Å². The number of hydrogen-bond donors (Lipinski definition) is 2. The van der Waals surface area contributed by atoms with E-state index in [0.29, 0.717) is 10.7 Å². The number of carbonyl (C=O) groups excluding carboxylic acids is 1. The van der Waals surface area contributed by atoms with Crippen LogP contribution < -0.4 is 5.32 Å². The molecule has 1 amide bonds. The molecule has 0 radical (unpaired) electrons. The Balaban J connectivity index is 1.87. The number of carboxylic acid groups (broad SMARTS) is 1. The largest absolute Gasteiger partial charge is 0.481 e. The minimum absolute atomic E-state index is 0.195. The number of hydrogen-bond acceptors (Lipinski definition) is 3. The average Bonchev–Trinajstić information content (AvgIpc) is 2.67. The second-order valence-electron chi connectivity index (χ2n) is 6.43. The van der Waals surface area contributed by atoms with E-state index in [-0.39, 0.29) is 12.1 Å². The molecule has 2 aromatic carbocycles. The molecule has 0 aliphatic rings. The molecule has 0 unspecified atom stereocenters. The van der Waals surface area contributed by atoms with E-state index in [2.05, 4.69) is 10.3 Å². The van der Waals surface area contributed by atoms with E-state index in [9.17, 15) is 14.7 Å². The fourth-order valence-electron chi connectivity index (χ4n) is 2.93. The van der Waals surface area contributed by atoms with Crippen LogP contribution in [0, 0.1) is 6.92 Å². The highest BCUT2D eigenvalue weighted by Gasteiger charge is 2.20. The topological polar surface area (TPSA) is 79.3 Å². The molecule has 1 atom stereocenters. The van der Waals surface area contributed by atoms with Crippen molar-refractivity contribution in [2.75, 3.05) is 0 Å². The number of amides is 1. The first-order chi connectivity index (χ1) is 13.4. The number of carboxylic acids is 1. The Bertz CT molecular complexity index is 1020. The zero-order chi connectivity index (χ0) is 20.1. The second-order valence-corrected chi connectivity index (χ2v) is 6.83. The van der Waals surface area contributed by atoms with Crippen molar-refractivity contribution in [1.29, 1.82) is 0 Å². The van der Waals surface area contributed by atoms with Crippen molar-refractivity contribution in [3.05, 3.63) is 88.6 Å². The third-order valence-corrected chi connectivity index (χ3v) is 4.59. The van der Waals surface area contributed by atoms with Crippen LogP contribution in [0.2, 0.25) is 5.02 Å². The smallest absolute Gasteiger partial charge is 0.305 e. The molecular formula is C22H19ClN2O3. The molecule has 2 N–H and O–H groups in total. The van der Waals surface area contributed by atoms with Gasteiger partial charge in [0.25, 0.3) is 5.91 Å². The zero-order valence-electron chi connectivity index (χ0n) is 15.2. The average molecular weight is 395 g/mol. The van der Waals surface area contributed by atoms with E-state index in [4.69, 9.17) is 11.6 Å². The summed E-state index contributed by atoms with van der Waals surface area (Å²) in [4.78, 5) is 28.4. The molecule has 28 heavy (non-hydrogen) atoms. The van der Waals surface area contributed by atoms with Gasteiger partial charge in [-0.15, -0.1) is 0 Å². The maximum Gasteiger partial charge on any atom is 0.305 e. The highest BCUT2D eigenvalue weighted by molar-refractivity contribution is 6.33.